The molecule has 0 spiro atoms. The second-order valence-electron chi connectivity index (χ2n) is 4.27. The Morgan fingerprint density at radius 1 is 1.50 bits per heavy atom. The molecule has 1 N–H and O–H groups in total. The minimum Gasteiger partial charge on any atom is -0.480 e. The van der Waals surface area contributed by atoms with Gasteiger partial charge in [-0.05, 0) is 6.92 Å². The fourth-order valence-corrected chi connectivity index (χ4v) is 1.36. The minimum absolute atomic E-state index is 0.102. The molecule has 0 fully saturated rings. The van der Waals surface area contributed by atoms with E-state index in [2.05, 4.69) is 31.1 Å². The Morgan fingerprint density at radius 3 is 2.50 bits per heavy atom. The molecule has 0 saturated carbocycles. The van der Waals surface area contributed by atoms with E-state index in [0.29, 0.717) is 6.42 Å². The lowest BCUT2D eigenvalue weighted by Gasteiger charge is -2.08. The van der Waals surface area contributed by atoms with Crippen LogP contribution >= 0.6 is 0 Å². The SMILES string of the molecule is C[C@@H](CC#C[Si](C)(C)C)OCC(=O)O. The van der Waals surface area contributed by atoms with Crippen molar-refractivity contribution in [3.05, 3.63) is 0 Å². The van der Waals surface area contributed by atoms with Crippen LogP contribution in [0, 0.1) is 11.5 Å². The zero-order valence-electron chi connectivity index (χ0n) is 9.26. The Morgan fingerprint density at radius 2 is 2.07 bits per heavy atom. The molecule has 0 aromatic rings. The number of carbonyl (C=O) groups is 1. The molecule has 0 aliphatic heterocycles. The monoisotopic (exact) mass is 214 g/mol. The van der Waals surface area contributed by atoms with Crippen molar-refractivity contribution < 1.29 is 14.6 Å². The lowest BCUT2D eigenvalue weighted by molar-refractivity contribution is -0.143. The van der Waals surface area contributed by atoms with Gasteiger partial charge in [-0.3, -0.25) is 0 Å². The van der Waals surface area contributed by atoms with Crippen molar-refractivity contribution in [2.45, 2.75) is 39.1 Å². The number of carboxylic acid groups (broad SMARTS) is 1. The Hall–Kier alpha value is -0.793. The van der Waals surface area contributed by atoms with Gasteiger partial charge < -0.3 is 9.84 Å². The van der Waals surface area contributed by atoms with Crippen LogP contribution in [-0.4, -0.2) is 31.9 Å². The lowest BCUT2D eigenvalue weighted by atomic mass is 10.3. The van der Waals surface area contributed by atoms with Gasteiger partial charge in [0.1, 0.15) is 14.7 Å². The van der Waals surface area contributed by atoms with Crippen LogP contribution in [0.25, 0.3) is 0 Å². The second kappa shape index (κ2) is 5.84. The van der Waals surface area contributed by atoms with Gasteiger partial charge in [0.25, 0.3) is 0 Å². The van der Waals surface area contributed by atoms with Gasteiger partial charge in [0.2, 0.25) is 0 Å². The molecular formula is C10H18O3Si. The molecule has 1 atom stereocenters. The highest BCUT2D eigenvalue weighted by atomic mass is 28.3. The first-order valence-electron chi connectivity index (χ1n) is 4.64. The van der Waals surface area contributed by atoms with E-state index in [1.54, 1.807) is 0 Å². The van der Waals surface area contributed by atoms with Crippen molar-refractivity contribution in [1.82, 2.24) is 0 Å². The van der Waals surface area contributed by atoms with E-state index in [1.165, 1.54) is 0 Å². The molecule has 0 aliphatic carbocycles. The van der Waals surface area contributed by atoms with E-state index in [-0.39, 0.29) is 12.7 Å². The van der Waals surface area contributed by atoms with Crippen LogP contribution < -0.4 is 0 Å². The fourth-order valence-electron chi connectivity index (χ4n) is 0.732. The summed E-state index contributed by atoms with van der Waals surface area (Å²) >= 11 is 0. The van der Waals surface area contributed by atoms with Crippen molar-refractivity contribution in [3.63, 3.8) is 0 Å². The van der Waals surface area contributed by atoms with E-state index in [1.807, 2.05) is 6.92 Å². The van der Waals surface area contributed by atoms with E-state index in [9.17, 15) is 4.79 Å². The van der Waals surface area contributed by atoms with Gasteiger partial charge in [-0.25, -0.2) is 4.79 Å². The molecule has 80 valence electrons. The summed E-state index contributed by atoms with van der Waals surface area (Å²) < 4.78 is 5.03. The van der Waals surface area contributed by atoms with Crippen molar-refractivity contribution in [2.24, 2.45) is 0 Å². The van der Waals surface area contributed by atoms with Crippen LogP contribution in [0.3, 0.4) is 0 Å². The molecule has 0 radical (unpaired) electrons. The van der Waals surface area contributed by atoms with Gasteiger partial charge in [0, 0.05) is 6.42 Å². The van der Waals surface area contributed by atoms with E-state index in [0.717, 1.165) is 0 Å². The van der Waals surface area contributed by atoms with Gasteiger partial charge in [-0.2, -0.15) is 0 Å². The summed E-state index contributed by atoms with van der Waals surface area (Å²) in [6.07, 6.45) is 0.507. The summed E-state index contributed by atoms with van der Waals surface area (Å²) in [6.45, 7) is 8.10. The first kappa shape index (κ1) is 13.2. The Kier molecular flexibility index (Phi) is 5.51. The summed E-state index contributed by atoms with van der Waals surface area (Å²) in [4.78, 5) is 10.2. The fraction of sp³-hybridized carbons (Fsp3) is 0.700. The summed E-state index contributed by atoms with van der Waals surface area (Å²) in [5.41, 5.74) is 3.20. The minimum atomic E-state index is -1.30. The first-order valence-corrected chi connectivity index (χ1v) is 8.14. The third-order valence-corrected chi connectivity index (χ3v) is 2.27. The molecule has 14 heavy (non-hydrogen) atoms. The number of hydrogen-bond donors (Lipinski definition) is 1. The van der Waals surface area contributed by atoms with Gasteiger partial charge >= 0.3 is 5.97 Å². The lowest BCUT2D eigenvalue weighted by Crippen LogP contribution is -2.17. The maximum absolute atomic E-state index is 10.2. The third-order valence-electron chi connectivity index (χ3n) is 1.34. The molecule has 4 heteroatoms. The molecular weight excluding hydrogens is 196 g/mol. The van der Waals surface area contributed by atoms with E-state index < -0.39 is 14.0 Å². The number of aliphatic carboxylic acids is 1. The topological polar surface area (TPSA) is 46.5 Å². The van der Waals surface area contributed by atoms with Crippen LogP contribution in [0.2, 0.25) is 19.6 Å². The zero-order chi connectivity index (χ0) is 11.2. The second-order valence-corrected chi connectivity index (χ2v) is 9.02. The third kappa shape index (κ3) is 9.30. The number of ether oxygens (including phenoxy) is 1. The van der Waals surface area contributed by atoms with Crippen LogP contribution in [0.5, 0.6) is 0 Å². The number of carboxylic acids is 1. The van der Waals surface area contributed by atoms with Crippen LogP contribution in [0.15, 0.2) is 0 Å². The summed E-state index contributed by atoms with van der Waals surface area (Å²) in [7, 11) is -1.30. The van der Waals surface area contributed by atoms with Crippen molar-refractivity contribution >= 4 is 14.0 Å². The molecule has 3 nitrogen and oxygen atoms in total. The highest BCUT2D eigenvalue weighted by Gasteiger charge is 2.08. The van der Waals surface area contributed by atoms with Crippen molar-refractivity contribution in [3.8, 4) is 11.5 Å². The molecule has 0 rings (SSSR count). The highest BCUT2D eigenvalue weighted by Crippen LogP contribution is 1.99. The van der Waals surface area contributed by atoms with Gasteiger partial charge in [-0.1, -0.05) is 19.6 Å². The molecule has 0 aromatic carbocycles. The summed E-state index contributed by atoms with van der Waals surface area (Å²) in [5.74, 6) is 2.11. The summed E-state index contributed by atoms with van der Waals surface area (Å²) in [5, 5.41) is 8.36. The van der Waals surface area contributed by atoms with Gasteiger partial charge in [0.15, 0.2) is 0 Å². The zero-order valence-corrected chi connectivity index (χ0v) is 10.3. The standard InChI is InChI=1S/C10H18O3Si/c1-9(13-8-10(11)12)6-5-7-14(2,3)4/h9H,6,8H2,1-4H3,(H,11,12)/t9-/m0/s1. The van der Waals surface area contributed by atoms with Crippen LogP contribution in [-0.2, 0) is 9.53 Å². The Bertz CT molecular complexity index is 244. The van der Waals surface area contributed by atoms with E-state index >= 15 is 0 Å². The van der Waals surface area contributed by atoms with Gasteiger partial charge in [-0.15, -0.1) is 11.5 Å². The maximum atomic E-state index is 10.2. The van der Waals surface area contributed by atoms with Gasteiger partial charge in [0.05, 0.1) is 6.10 Å². The van der Waals surface area contributed by atoms with Crippen LogP contribution in [0.1, 0.15) is 13.3 Å². The smallest absolute Gasteiger partial charge is 0.329 e. The largest absolute Gasteiger partial charge is 0.480 e. The predicted molar refractivity (Wildman–Crippen MR) is 58.8 cm³/mol. The average molecular weight is 214 g/mol. The summed E-state index contributed by atoms with van der Waals surface area (Å²) in [6, 6.07) is 0. The van der Waals surface area contributed by atoms with Crippen LogP contribution in [0.4, 0.5) is 0 Å². The molecule has 0 aromatic heterocycles. The predicted octanol–water partition coefficient (Wildman–Crippen LogP) is 1.75. The van der Waals surface area contributed by atoms with Crippen molar-refractivity contribution in [1.29, 1.82) is 0 Å². The molecule has 0 bridgehead atoms. The number of rotatable bonds is 4. The molecule has 0 heterocycles. The number of hydrogen-bond acceptors (Lipinski definition) is 2. The Balaban J connectivity index is 3.77. The average Bonchev–Trinajstić information content (AvgIpc) is 1.98. The van der Waals surface area contributed by atoms with Crippen molar-refractivity contribution in [2.75, 3.05) is 6.61 Å². The van der Waals surface area contributed by atoms with E-state index in [4.69, 9.17) is 9.84 Å². The molecule has 0 aliphatic rings. The quantitative estimate of drug-likeness (QED) is 0.573. The molecule has 0 saturated heterocycles. The highest BCUT2D eigenvalue weighted by molar-refractivity contribution is 6.83. The normalized spacial score (nSPS) is 12.9. The molecule has 0 amide bonds. The Labute approximate surface area is 86.5 Å². The molecule has 0 unspecified atom stereocenters. The first-order chi connectivity index (χ1) is 6.31. The maximum Gasteiger partial charge on any atom is 0.329 e.